The number of benzene rings is 1. The third-order valence-corrected chi connectivity index (χ3v) is 4.61. The smallest absolute Gasteiger partial charge is 0.0952 e. The second-order valence-corrected chi connectivity index (χ2v) is 6.42. The SMILES string of the molecule is Cc1cc(C)c(C(N)Cn2cnc3c2CCCC3)c(C)c1. The van der Waals surface area contributed by atoms with Crippen molar-refractivity contribution in [2.45, 2.75) is 59.0 Å². The number of nitrogens with two attached hydrogens (primary N) is 1. The van der Waals surface area contributed by atoms with Gasteiger partial charge in [-0.05, 0) is 63.1 Å². The lowest BCUT2D eigenvalue weighted by atomic mass is 9.94. The van der Waals surface area contributed by atoms with Gasteiger partial charge in [0.15, 0.2) is 0 Å². The second-order valence-electron chi connectivity index (χ2n) is 6.42. The molecule has 1 heterocycles. The summed E-state index contributed by atoms with van der Waals surface area (Å²) >= 11 is 0. The maximum Gasteiger partial charge on any atom is 0.0952 e. The van der Waals surface area contributed by atoms with E-state index in [1.54, 1.807) is 0 Å². The Morgan fingerprint density at radius 1 is 1.14 bits per heavy atom. The standard InChI is InChI=1S/C18H25N3/c1-12-8-13(2)18(14(3)9-12)15(19)10-21-11-20-16-6-4-5-7-17(16)21/h8-9,11,15H,4-7,10,19H2,1-3H3. The number of hydrogen-bond donors (Lipinski definition) is 1. The second kappa shape index (κ2) is 5.64. The fourth-order valence-electron chi connectivity index (χ4n) is 3.77. The summed E-state index contributed by atoms with van der Waals surface area (Å²) in [6.07, 6.45) is 6.80. The first-order valence-corrected chi connectivity index (χ1v) is 7.92. The molecule has 21 heavy (non-hydrogen) atoms. The Kier molecular flexibility index (Phi) is 3.85. The summed E-state index contributed by atoms with van der Waals surface area (Å²) in [5.41, 5.74) is 14.4. The fourth-order valence-corrected chi connectivity index (χ4v) is 3.77. The zero-order chi connectivity index (χ0) is 15.0. The summed E-state index contributed by atoms with van der Waals surface area (Å²) in [5.74, 6) is 0. The summed E-state index contributed by atoms with van der Waals surface area (Å²) in [6.45, 7) is 7.30. The van der Waals surface area contributed by atoms with Crippen LogP contribution in [-0.4, -0.2) is 9.55 Å². The van der Waals surface area contributed by atoms with Gasteiger partial charge in [0, 0.05) is 18.3 Å². The molecule has 0 saturated heterocycles. The van der Waals surface area contributed by atoms with Crippen LogP contribution in [0.2, 0.25) is 0 Å². The Labute approximate surface area is 127 Å². The Hall–Kier alpha value is -1.61. The van der Waals surface area contributed by atoms with Gasteiger partial charge in [0.2, 0.25) is 0 Å². The van der Waals surface area contributed by atoms with Crippen LogP contribution in [-0.2, 0) is 19.4 Å². The van der Waals surface area contributed by atoms with Gasteiger partial charge in [-0.2, -0.15) is 0 Å². The zero-order valence-corrected chi connectivity index (χ0v) is 13.3. The minimum atomic E-state index is 0.0332. The van der Waals surface area contributed by atoms with Crippen molar-refractivity contribution in [3.05, 3.63) is 52.1 Å². The highest BCUT2D eigenvalue weighted by Crippen LogP contribution is 2.26. The van der Waals surface area contributed by atoms with Crippen LogP contribution in [0.5, 0.6) is 0 Å². The topological polar surface area (TPSA) is 43.8 Å². The number of nitrogens with zero attached hydrogens (tertiary/aromatic N) is 2. The van der Waals surface area contributed by atoms with Gasteiger partial charge in [-0.15, -0.1) is 0 Å². The maximum atomic E-state index is 6.52. The molecule has 1 aromatic carbocycles. The van der Waals surface area contributed by atoms with E-state index in [0.29, 0.717) is 0 Å². The summed E-state index contributed by atoms with van der Waals surface area (Å²) in [6, 6.07) is 4.49. The molecule has 3 rings (SSSR count). The van der Waals surface area contributed by atoms with Gasteiger partial charge in [-0.3, -0.25) is 0 Å². The van der Waals surface area contributed by atoms with Crippen LogP contribution in [0.4, 0.5) is 0 Å². The molecule has 0 saturated carbocycles. The molecule has 1 unspecified atom stereocenters. The molecule has 1 aliphatic carbocycles. The van der Waals surface area contributed by atoms with E-state index in [1.165, 1.54) is 46.5 Å². The van der Waals surface area contributed by atoms with Crippen LogP contribution in [0.1, 0.15) is 52.5 Å². The minimum absolute atomic E-state index is 0.0332. The van der Waals surface area contributed by atoms with E-state index in [1.807, 2.05) is 6.33 Å². The van der Waals surface area contributed by atoms with Gasteiger partial charge in [0.1, 0.15) is 0 Å². The Bertz CT molecular complexity index is 631. The molecule has 112 valence electrons. The number of aromatic nitrogens is 2. The third kappa shape index (κ3) is 2.75. The molecule has 0 bridgehead atoms. The predicted octanol–water partition coefficient (Wildman–Crippen LogP) is 3.39. The highest BCUT2D eigenvalue weighted by Gasteiger charge is 2.18. The van der Waals surface area contributed by atoms with Crippen molar-refractivity contribution < 1.29 is 0 Å². The molecule has 0 aliphatic heterocycles. The molecule has 0 amide bonds. The average Bonchev–Trinajstić information content (AvgIpc) is 2.81. The van der Waals surface area contributed by atoms with E-state index < -0.39 is 0 Å². The number of aryl methyl sites for hydroxylation is 4. The van der Waals surface area contributed by atoms with Crippen LogP contribution in [0, 0.1) is 20.8 Å². The Balaban J connectivity index is 1.87. The predicted molar refractivity (Wildman–Crippen MR) is 86.5 cm³/mol. The molecular weight excluding hydrogens is 258 g/mol. The molecule has 2 aromatic rings. The lowest BCUT2D eigenvalue weighted by Crippen LogP contribution is -2.21. The highest BCUT2D eigenvalue weighted by atomic mass is 15.1. The molecule has 3 heteroatoms. The molecule has 3 nitrogen and oxygen atoms in total. The van der Waals surface area contributed by atoms with E-state index in [-0.39, 0.29) is 6.04 Å². The van der Waals surface area contributed by atoms with Gasteiger partial charge in [-0.25, -0.2) is 4.98 Å². The van der Waals surface area contributed by atoms with Crippen LogP contribution in [0.15, 0.2) is 18.5 Å². The number of hydrogen-bond acceptors (Lipinski definition) is 2. The van der Waals surface area contributed by atoms with Crippen molar-refractivity contribution in [1.82, 2.24) is 9.55 Å². The van der Waals surface area contributed by atoms with Crippen molar-refractivity contribution in [2.24, 2.45) is 5.73 Å². The molecule has 2 N–H and O–H groups in total. The highest BCUT2D eigenvalue weighted by molar-refractivity contribution is 5.39. The molecule has 0 radical (unpaired) electrons. The van der Waals surface area contributed by atoms with Crippen molar-refractivity contribution in [2.75, 3.05) is 0 Å². The molecule has 0 spiro atoms. The summed E-state index contributed by atoms with van der Waals surface area (Å²) < 4.78 is 2.28. The minimum Gasteiger partial charge on any atom is -0.332 e. The molecular formula is C18H25N3. The largest absolute Gasteiger partial charge is 0.332 e. The van der Waals surface area contributed by atoms with E-state index in [9.17, 15) is 0 Å². The third-order valence-electron chi connectivity index (χ3n) is 4.61. The maximum absolute atomic E-state index is 6.52. The first kappa shape index (κ1) is 14.3. The quantitative estimate of drug-likeness (QED) is 0.938. The zero-order valence-electron chi connectivity index (χ0n) is 13.3. The normalized spacial score (nSPS) is 15.8. The fraction of sp³-hybridized carbons (Fsp3) is 0.500. The first-order valence-electron chi connectivity index (χ1n) is 7.92. The lowest BCUT2D eigenvalue weighted by Gasteiger charge is -2.21. The van der Waals surface area contributed by atoms with E-state index in [4.69, 9.17) is 5.73 Å². The van der Waals surface area contributed by atoms with Crippen molar-refractivity contribution in [1.29, 1.82) is 0 Å². The molecule has 1 aliphatic rings. The number of fused-ring (bicyclic) bond motifs is 1. The Morgan fingerprint density at radius 3 is 2.52 bits per heavy atom. The summed E-state index contributed by atoms with van der Waals surface area (Å²) in [5, 5.41) is 0. The Morgan fingerprint density at radius 2 is 1.81 bits per heavy atom. The van der Waals surface area contributed by atoms with Crippen LogP contribution < -0.4 is 5.73 Å². The monoisotopic (exact) mass is 283 g/mol. The van der Waals surface area contributed by atoms with Crippen molar-refractivity contribution in [3.8, 4) is 0 Å². The van der Waals surface area contributed by atoms with Crippen LogP contribution in [0.25, 0.3) is 0 Å². The van der Waals surface area contributed by atoms with Crippen LogP contribution in [0.3, 0.4) is 0 Å². The van der Waals surface area contributed by atoms with Gasteiger partial charge >= 0.3 is 0 Å². The van der Waals surface area contributed by atoms with E-state index in [0.717, 1.165) is 19.4 Å². The number of imidazole rings is 1. The summed E-state index contributed by atoms with van der Waals surface area (Å²) in [4.78, 5) is 4.57. The van der Waals surface area contributed by atoms with Crippen LogP contribution >= 0.6 is 0 Å². The van der Waals surface area contributed by atoms with E-state index in [2.05, 4.69) is 42.5 Å². The van der Waals surface area contributed by atoms with Gasteiger partial charge in [0.05, 0.1) is 12.0 Å². The van der Waals surface area contributed by atoms with E-state index >= 15 is 0 Å². The van der Waals surface area contributed by atoms with Gasteiger partial charge in [0.25, 0.3) is 0 Å². The van der Waals surface area contributed by atoms with Gasteiger partial charge < -0.3 is 10.3 Å². The van der Waals surface area contributed by atoms with Gasteiger partial charge in [-0.1, -0.05) is 17.7 Å². The molecule has 1 aromatic heterocycles. The van der Waals surface area contributed by atoms with Crippen molar-refractivity contribution >= 4 is 0 Å². The first-order chi connectivity index (χ1) is 10.1. The molecule has 0 fully saturated rings. The average molecular weight is 283 g/mol. The summed E-state index contributed by atoms with van der Waals surface area (Å²) in [7, 11) is 0. The van der Waals surface area contributed by atoms with Crippen molar-refractivity contribution in [3.63, 3.8) is 0 Å². The number of rotatable bonds is 3. The lowest BCUT2D eigenvalue weighted by molar-refractivity contribution is 0.538. The molecule has 1 atom stereocenters.